The third kappa shape index (κ3) is 2.18. The first kappa shape index (κ1) is 13.2. The van der Waals surface area contributed by atoms with E-state index in [-0.39, 0.29) is 5.82 Å². The van der Waals surface area contributed by atoms with Crippen LogP contribution in [-0.2, 0) is 13.5 Å². The largest absolute Gasteiger partial charge is 0.459 e. The molecule has 2 rings (SSSR count). The molecule has 1 aliphatic carbocycles. The zero-order chi connectivity index (χ0) is 13.3. The van der Waals surface area contributed by atoms with Crippen LogP contribution in [0.15, 0.2) is 12.2 Å². The van der Waals surface area contributed by atoms with Crippen molar-refractivity contribution >= 4 is 19.3 Å². The number of aromatic nitrogens is 1. The van der Waals surface area contributed by atoms with Gasteiger partial charge in [0.05, 0.1) is 0 Å². The number of allylic oxidation sites excluding steroid dienone is 2. The molecule has 0 bridgehead atoms. The van der Waals surface area contributed by atoms with Crippen LogP contribution in [-0.4, -0.2) is 21.7 Å². The van der Waals surface area contributed by atoms with Crippen LogP contribution in [0.1, 0.15) is 35.9 Å². The fraction of sp³-hybridized carbons (Fsp3) is 0.429. The molecule has 96 valence electrons. The van der Waals surface area contributed by atoms with E-state index in [2.05, 4.69) is 37.6 Å². The highest BCUT2D eigenvalue weighted by molar-refractivity contribution is 6.44. The molecule has 1 heterocycles. The van der Waals surface area contributed by atoms with Crippen LogP contribution in [0.3, 0.4) is 0 Å². The highest BCUT2D eigenvalue weighted by Crippen LogP contribution is 2.33. The Kier molecular flexibility index (Phi) is 3.78. The van der Waals surface area contributed by atoms with Gasteiger partial charge in [0.25, 0.3) is 0 Å². The van der Waals surface area contributed by atoms with Gasteiger partial charge < -0.3 is 14.6 Å². The maximum atomic E-state index is 9.33. The second-order valence-corrected chi connectivity index (χ2v) is 4.87. The number of hydrogen-bond donors (Lipinski definition) is 2. The molecule has 0 saturated heterocycles. The lowest BCUT2D eigenvalue weighted by Gasteiger charge is -2.17. The van der Waals surface area contributed by atoms with Crippen LogP contribution in [0.25, 0.3) is 12.2 Å². The van der Waals surface area contributed by atoms with Gasteiger partial charge in [0.15, 0.2) is 0 Å². The van der Waals surface area contributed by atoms with Crippen molar-refractivity contribution in [1.29, 1.82) is 0 Å². The third-order valence-corrected chi connectivity index (χ3v) is 3.73. The molecule has 0 fully saturated rings. The zero-order valence-corrected chi connectivity index (χ0v) is 11.2. The normalized spacial score (nSPS) is 18.4. The molecular formula is C14H20BNO2. The molecule has 0 aromatic carbocycles. The Hall–Kier alpha value is -1.26. The van der Waals surface area contributed by atoms with E-state index in [9.17, 15) is 10.0 Å². The summed E-state index contributed by atoms with van der Waals surface area (Å²) in [7, 11) is 0.773. The molecule has 0 aliphatic heterocycles. The summed E-state index contributed by atoms with van der Waals surface area (Å²) in [5, 5.41) is 18.7. The fourth-order valence-electron chi connectivity index (χ4n) is 2.53. The summed E-state index contributed by atoms with van der Waals surface area (Å²) in [5.74, 6) is -0.201. The molecule has 0 amide bonds. The first-order chi connectivity index (χ1) is 8.56. The van der Waals surface area contributed by atoms with E-state index in [0.29, 0.717) is 6.42 Å². The van der Waals surface area contributed by atoms with Crippen LogP contribution in [0, 0.1) is 6.92 Å². The molecule has 1 aliphatic rings. The molecule has 1 atom stereocenters. The van der Waals surface area contributed by atoms with Crippen molar-refractivity contribution in [3.05, 3.63) is 34.7 Å². The minimum Gasteiger partial charge on any atom is -0.427 e. The Bertz CT molecular complexity index is 500. The Labute approximate surface area is 109 Å². The van der Waals surface area contributed by atoms with Gasteiger partial charge in [-0.05, 0) is 37.0 Å². The minimum atomic E-state index is -1.28. The molecule has 18 heavy (non-hydrogen) atoms. The van der Waals surface area contributed by atoms with Gasteiger partial charge in [-0.2, -0.15) is 0 Å². The van der Waals surface area contributed by atoms with Gasteiger partial charge >= 0.3 is 7.12 Å². The van der Waals surface area contributed by atoms with Gasteiger partial charge in [0.1, 0.15) is 0 Å². The Morgan fingerprint density at radius 1 is 1.50 bits per heavy atom. The fourth-order valence-corrected chi connectivity index (χ4v) is 2.53. The monoisotopic (exact) mass is 245 g/mol. The summed E-state index contributed by atoms with van der Waals surface area (Å²) < 4.78 is 2.17. The van der Waals surface area contributed by atoms with Crippen molar-refractivity contribution in [2.45, 2.75) is 32.5 Å². The lowest BCUT2D eigenvalue weighted by Crippen LogP contribution is -2.22. The lowest BCUT2D eigenvalue weighted by atomic mass is 9.67. The highest BCUT2D eigenvalue weighted by atomic mass is 16.4. The molecular weight excluding hydrogens is 225 g/mol. The summed E-state index contributed by atoms with van der Waals surface area (Å²) in [5.41, 5.74) is 4.85. The second-order valence-electron chi connectivity index (χ2n) is 4.87. The predicted molar refractivity (Wildman–Crippen MR) is 76.2 cm³/mol. The molecule has 2 N–H and O–H groups in total. The quantitative estimate of drug-likeness (QED) is 0.801. The summed E-state index contributed by atoms with van der Waals surface area (Å²) in [6.45, 7) is 4.22. The van der Waals surface area contributed by atoms with Crippen molar-refractivity contribution < 1.29 is 10.0 Å². The van der Waals surface area contributed by atoms with Gasteiger partial charge in [-0.1, -0.05) is 25.2 Å². The summed E-state index contributed by atoms with van der Waals surface area (Å²) >= 11 is 0. The summed E-state index contributed by atoms with van der Waals surface area (Å²) in [6, 6.07) is 0. The third-order valence-electron chi connectivity index (χ3n) is 3.73. The van der Waals surface area contributed by atoms with Crippen molar-refractivity contribution in [2.24, 2.45) is 7.05 Å². The molecule has 0 radical (unpaired) electrons. The molecule has 1 unspecified atom stereocenters. The van der Waals surface area contributed by atoms with E-state index >= 15 is 0 Å². The van der Waals surface area contributed by atoms with E-state index in [1.165, 1.54) is 22.5 Å². The lowest BCUT2D eigenvalue weighted by molar-refractivity contribution is 0.393. The van der Waals surface area contributed by atoms with Crippen LogP contribution in [0.5, 0.6) is 0 Å². The Balaban J connectivity index is 2.46. The van der Waals surface area contributed by atoms with Gasteiger partial charge in [-0.25, -0.2) is 0 Å². The smallest absolute Gasteiger partial charge is 0.427 e. The van der Waals surface area contributed by atoms with Gasteiger partial charge in [-0.3, -0.25) is 0 Å². The SMILES string of the molecule is CCC=Cc1c2c(n(C)c1C)C=CC(B(O)O)C2. The van der Waals surface area contributed by atoms with E-state index in [1.54, 1.807) is 0 Å². The van der Waals surface area contributed by atoms with E-state index in [4.69, 9.17) is 0 Å². The minimum absolute atomic E-state index is 0.201. The predicted octanol–water partition coefficient (Wildman–Crippen LogP) is 2.17. The first-order valence-electron chi connectivity index (χ1n) is 6.45. The van der Waals surface area contributed by atoms with Crippen molar-refractivity contribution in [3.63, 3.8) is 0 Å². The van der Waals surface area contributed by atoms with Gasteiger partial charge in [0.2, 0.25) is 0 Å². The van der Waals surface area contributed by atoms with Crippen LogP contribution >= 0.6 is 0 Å². The molecule has 0 spiro atoms. The van der Waals surface area contributed by atoms with Gasteiger partial charge in [-0.15, -0.1) is 0 Å². The number of nitrogens with zero attached hydrogens (tertiary/aromatic N) is 1. The molecule has 1 aromatic heterocycles. The van der Waals surface area contributed by atoms with Crippen molar-refractivity contribution in [2.75, 3.05) is 0 Å². The van der Waals surface area contributed by atoms with Crippen LogP contribution < -0.4 is 0 Å². The van der Waals surface area contributed by atoms with Gasteiger partial charge in [0, 0.05) is 24.3 Å². The van der Waals surface area contributed by atoms with E-state index < -0.39 is 7.12 Å². The number of hydrogen-bond acceptors (Lipinski definition) is 2. The highest BCUT2D eigenvalue weighted by Gasteiger charge is 2.28. The number of fused-ring (bicyclic) bond motifs is 1. The van der Waals surface area contributed by atoms with Crippen molar-refractivity contribution in [1.82, 2.24) is 4.57 Å². The van der Waals surface area contributed by atoms with Crippen LogP contribution in [0.2, 0.25) is 5.82 Å². The molecule has 1 aromatic rings. The second kappa shape index (κ2) is 5.16. The molecule has 4 heteroatoms. The van der Waals surface area contributed by atoms with Crippen LogP contribution in [0.4, 0.5) is 0 Å². The van der Waals surface area contributed by atoms with E-state index in [0.717, 1.165) is 6.42 Å². The Morgan fingerprint density at radius 3 is 2.83 bits per heavy atom. The molecule has 0 saturated carbocycles. The molecule has 3 nitrogen and oxygen atoms in total. The first-order valence-corrected chi connectivity index (χ1v) is 6.45. The Morgan fingerprint density at radius 2 is 2.22 bits per heavy atom. The topological polar surface area (TPSA) is 45.4 Å². The average molecular weight is 245 g/mol. The average Bonchev–Trinajstić information content (AvgIpc) is 2.59. The maximum Gasteiger partial charge on any atom is 0.459 e. The van der Waals surface area contributed by atoms with Crippen molar-refractivity contribution in [3.8, 4) is 0 Å². The summed E-state index contributed by atoms with van der Waals surface area (Å²) in [6.07, 6.45) is 9.87. The van der Waals surface area contributed by atoms with E-state index in [1.807, 2.05) is 12.2 Å². The summed E-state index contributed by atoms with van der Waals surface area (Å²) in [4.78, 5) is 0. The zero-order valence-electron chi connectivity index (χ0n) is 11.2. The maximum absolute atomic E-state index is 9.33. The number of rotatable bonds is 3. The standard InChI is InChI=1S/C14H20BNO2/c1-4-5-6-12-10(2)16(3)14-8-7-11(15(17)18)9-13(12)14/h5-8,11,17-18H,4,9H2,1-3H3.